The third-order valence-corrected chi connectivity index (χ3v) is 11.5. The number of amides is 1. The first-order chi connectivity index (χ1) is 12.5. The van der Waals surface area contributed by atoms with E-state index in [9.17, 15) is 4.79 Å². The van der Waals surface area contributed by atoms with Gasteiger partial charge in [-0.05, 0) is 64.0 Å². The second-order valence-electron chi connectivity index (χ2n) is 7.76. The summed E-state index contributed by atoms with van der Waals surface area (Å²) < 4.78 is 0. The summed E-state index contributed by atoms with van der Waals surface area (Å²) in [7, 11) is -1.24. The van der Waals surface area contributed by atoms with Gasteiger partial charge in [-0.25, -0.2) is 4.85 Å². The highest BCUT2D eigenvalue weighted by atomic mass is 31.2. The van der Waals surface area contributed by atoms with Crippen LogP contribution in [0.3, 0.4) is 0 Å². The highest BCUT2D eigenvalue weighted by Gasteiger charge is 2.47. The molecule has 1 aromatic rings. The number of nitrogens with one attached hydrogen (secondary N) is 1. The third kappa shape index (κ3) is 4.66. The van der Waals surface area contributed by atoms with Crippen LogP contribution in [0.2, 0.25) is 0 Å². The van der Waals surface area contributed by atoms with E-state index in [1.807, 2.05) is 26.0 Å². The van der Waals surface area contributed by atoms with Crippen molar-refractivity contribution in [2.75, 3.05) is 23.8 Å². The minimum absolute atomic E-state index is 0.190. The lowest BCUT2D eigenvalue weighted by Gasteiger charge is -2.33. The van der Waals surface area contributed by atoms with Gasteiger partial charge in [0.15, 0.2) is 5.69 Å². The lowest BCUT2D eigenvalue weighted by molar-refractivity contribution is -0.116. The second-order valence-corrected chi connectivity index (χ2v) is 12.3. The molecule has 1 saturated heterocycles. The Morgan fingerprint density at radius 1 is 1.15 bits per heavy atom. The van der Waals surface area contributed by atoms with Gasteiger partial charge in [-0.3, -0.25) is 4.79 Å². The molecule has 142 valence electrons. The number of benzene rings is 1. The number of aryl methyl sites for hydroxylation is 2. The van der Waals surface area contributed by atoms with Crippen LogP contribution in [0.5, 0.6) is 0 Å². The Morgan fingerprint density at radius 3 is 2.19 bits per heavy atom. The van der Waals surface area contributed by atoms with Crippen molar-refractivity contribution in [3.8, 4) is 0 Å². The van der Waals surface area contributed by atoms with Crippen molar-refractivity contribution in [3.05, 3.63) is 34.7 Å². The first kappa shape index (κ1) is 20.9. The molecular weight excluding hydrogens is 339 g/mol. The predicted octanol–water partition coefficient (Wildman–Crippen LogP) is 6.57. The van der Waals surface area contributed by atoms with Gasteiger partial charge in [0.25, 0.3) is 5.91 Å². The number of carbonyl (C=O) groups excluding carboxylic acids is 1. The summed E-state index contributed by atoms with van der Waals surface area (Å²) >= 11 is 0. The van der Waals surface area contributed by atoms with E-state index in [0.717, 1.165) is 29.7 Å². The van der Waals surface area contributed by atoms with Gasteiger partial charge in [-0.15, -0.1) is 0 Å². The van der Waals surface area contributed by atoms with Crippen molar-refractivity contribution in [3.63, 3.8) is 0 Å². The van der Waals surface area contributed by atoms with E-state index in [1.165, 1.54) is 44.2 Å². The van der Waals surface area contributed by atoms with Crippen molar-refractivity contribution in [1.29, 1.82) is 0 Å². The molecule has 0 aliphatic carbocycles. The fourth-order valence-electron chi connectivity index (χ4n) is 4.50. The standard InChI is InChI=1S/C22H33N2OP/c1-6-12-20(26(7-2)13-10-8-9-11-14-26)22(25)24-21-17(3)15-19(23-5)16-18(21)4/h15-16,20H,6-14H2,1-4H3/p+1. The molecule has 0 aromatic heterocycles. The molecule has 1 atom stereocenters. The Morgan fingerprint density at radius 2 is 1.73 bits per heavy atom. The minimum atomic E-state index is -1.24. The molecule has 1 unspecified atom stereocenters. The lowest BCUT2D eigenvalue weighted by atomic mass is 10.1. The molecule has 0 radical (unpaired) electrons. The van der Waals surface area contributed by atoms with Gasteiger partial charge in [-0.2, -0.15) is 0 Å². The average Bonchev–Trinajstić information content (AvgIpc) is 2.88. The molecule has 0 spiro atoms. The molecule has 1 aromatic carbocycles. The molecule has 1 N–H and O–H groups in total. The van der Waals surface area contributed by atoms with Crippen LogP contribution in [0.25, 0.3) is 4.85 Å². The van der Waals surface area contributed by atoms with Crippen molar-refractivity contribution < 1.29 is 4.79 Å². The van der Waals surface area contributed by atoms with Crippen molar-refractivity contribution in [2.24, 2.45) is 0 Å². The van der Waals surface area contributed by atoms with E-state index in [4.69, 9.17) is 6.57 Å². The molecular formula is C22H34N2OP+. The fraction of sp³-hybridized carbons (Fsp3) is 0.636. The van der Waals surface area contributed by atoms with Gasteiger partial charge in [0, 0.05) is 12.9 Å². The fourth-order valence-corrected chi connectivity index (χ4v) is 9.50. The van der Waals surface area contributed by atoms with Gasteiger partial charge >= 0.3 is 0 Å². The summed E-state index contributed by atoms with van der Waals surface area (Å²) in [6.07, 6.45) is 11.1. The Hall–Kier alpha value is -1.39. The summed E-state index contributed by atoms with van der Waals surface area (Å²) in [5.41, 5.74) is 3.72. The van der Waals surface area contributed by atoms with E-state index in [1.54, 1.807) is 0 Å². The summed E-state index contributed by atoms with van der Waals surface area (Å²) in [4.78, 5) is 16.9. The third-order valence-electron chi connectivity index (χ3n) is 6.01. The molecule has 1 amide bonds. The Labute approximate surface area is 160 Å². The zero-order chi connectivity index (χ0) is 19.2. The maximum Gasteiger partial charge on any atom is 0.265 e. The zero-order valence-electron chi connectivity index (χ0n) is 16.9. The molecule has 4 heteroatoms. The number of nitrogens with zero attached hydrogens (tertiary/aromatic N) is 1. The summed E-state index contributed by atoms with van der Waals surface area (Å²) in [6, 6.07) is 3.75. The van der Waals surface area contributed by atoms with E-state index in [2.05, 4.69) is 24.0 Å². The van der Waals surface area contributed by atoms with E-state index < -0.39 is 7.26 Å². The number of hydrogen-bond acceptors (Lipinski definition) is 1. The second kappa shape index (κ2) is 9.52. The SMILES string of the molecule is [C-]#[N+]c1cc(C)c(NC(=O)C(CCC)[P+]2(CC)CCCCCC2)c(C)c1. The lowest BCUT2D eigenvalue weighted by Crippen LogP contribution is -2.34. The maximum atomic E-state index is 13.4. The van der Waals surface area contributed by atoms with Crippen molar-refractivity contribution in [1.82, 2.24) is 0 Å². The Kier molecular flexibility index (Phi) is 7.66. The summed E-state index contributed by atoms with van der Waals surface area (Å²) in [5, 5.41) is 3.28. The van der Waals surface area contributed by atoms with Crippen molar-refractivity contribution in [2.45, 2.75) is 71.9 Å². The average molecular weight is 374 g/mol. The van der Waals surface area contributed by atoms with Crippen molar-refractivity contribution >= 4 is 24.5 Å². The highest BCUT2D eigenvalue weighted by molar-refractivity contribution is 7.77. The summed E-state index contributed by atoms with van der Waals surface area (Å²) in [6.45, 7) is 15.7. The van der Waals surface area contributed by atoms with Crippen LogP contribution in [0.4, 0.5) is 11.4 Å². The molecule has 2 rings (SSSR count). The molecule has 1 aliphatic rings. The zero-order valence-corrected chi connectivity index (χ0v) is 17.8. The predicted molar refractivity (Wildman–Crippen MR) is 115 cm³/mol. The van der Waals surface area contributed by atoms with Crippen LogP contribution < -0.4 is 5.32 Å². The van der Waals surface area contributed by atoms with Gasteiger partial charge in [-0.1, -0.05) is 25.5 Å². The molecule has 3 nitrogen and oxygen atoms in total. The first-order valence-electron chi connectivity index (χ1n) is 10.1. The van der Waals surface area contributed by atoms with Crippen LogP contribution in [-0.4, -0.2) is 30.1 Å². The number of rotatable bonds is 6. The smallest absolute Gasteiger partial charge is 0.265 e. The normalized spacial score (nSPS) is 17.8. The monoisotopic (exact) mass is 373 g/mol. The van der Waals surface area contributed by atoms with Crippen LogP contribution in [0.15, 0.2) is 12.1 Å². The van der Waals surface area contributed by atoms with Crippen LogP contribution in [0, 0.1) is 20.4 Å². The van der Waals surface area contributed by atoms with Gasteiger partial charge in [0.05, 0.1) is 25.1 Å². The number of carbonyl (C=O) groups is 1. The molecule has 1 fully saturated rings. The van der Waals surface area contributed by atoms with Gasteiger partial charge < -0.3 is 5.32 Å². The topological polar surface area (TPSA) is 33.5 Å². The van der Waals surface area contributed by atoms with Crippen LogP contribution in [-0.2, 0) is 4.79 Å². The summed E-state index contributed by atoms with van der Waals surface area (Å²) in [5.74, 6) is 0.227. The Balaban J connectivity index is 2.30. The molecule has 0 saturated carbocycles. The maximum absolute atomic E-state index is 13.4. The van der Waals surface area contributed by atoms with Gasteiger partial charge in [0.2, 0.25) is 0 Å². The van der Waals surface area contributed by atoms with E-state index in [0.29, 0.717) is 5.69 Å². The number of anilines is 1. The Bertz CT molecular complexity index is 646. The molecule has 1 aliphatic heterocycles. The number of hydrogen-bond donors (Lipinski definition) is 1. The van der Waals surface area contributed by atoms with Crippen LogP contribution in [0.1, 0.15) is 63.5 Å². The van der Waals surface area contributed by atoms with E-state index in [-0.39, 0.29) is 11.6 Å². The quantitative estimate of drug-likeness (QED) is 0.444. The molecule has 26 heavy (non-hydrogen) atoms. The highest BCUT2D eigenvalue weighted by Crippen LogP contribution is 2.66. The molecule has 0 bridgehead atoms. The van der Waals surface area contributed by atoms with Crippen LogP contribution >= 0.6 is 7.26 Å². The molecule has 1 heterocycles. The first-order valence-corrected chi connectivity index (χ1v) is 12.5. The van der Waals surface area contributed by atoms with E-state index >= 15 is 0 Å². The minimum Gasteiger partial charge on any atom is -0.322 e. The largest absolute Gasteiger partial charge is 0.322 e. The van der Waals surface area contributed by atoms with Gasteiger partial charge in [0.1, 0.15) is 5.66 Å².